The second kappa shape index (κ2) is 6.06. The van der Waals surface area contributed by atoms with Gasteiger partial charge >= 0.3 is 0 Å². The van der Waals surface area contributed by atoms with E-state index in [9.17, 15) is 4.79 Å². The van der Waals surface area contributed by atoms with Crippen molar-refractivity contribution >= 4 is 5.91 Å². The minimum atomic E-state index is -0.425. The van der Waals surface area contributed by atoms with Crippen molar-refractivity contribution in [2.45, 2.75) is 44.1 Å². The number of nitrogens with two attached hydrogens (primary N) is 2. The molecule has 104 valence electrons. The highest BCUT2D eigenvalue weighted by molar-refractivity contribution is 5.92. The zero-order valence-electron chi connectivity index (χ0n) is 11.2. The maximum atomic E-state index is 11.0. The second-order valence-corrected chi connectivity index (χ2v) is 5.45. The smallest absolute Gasteiger partial charge is 0.248 e. The van der Waals surface area contributed by atoms with Crippen LogP contribution >= 0.6 is 0 Å². The molecule has 1 aliphatic carbocycles. The van der Waals surface area contributed by atoms with Gasteiger partial charge in [0.15, 0.2) is 0 Å². The Morgan fingerprint density at radius 2 is 1.68 bits per heavy atom. The van der Waals surface area contributed by atoms with E-state index in [4.69, 9.17) is 16.2 Å². The fourth-order valence-corrected chi connectivity index (χ4v) is 2.52. The van der Waals surface area contributed by atoms with Gasteiger partial charge in [0.2, 0.25) is 5.91 Å². The molecule has 0 unspecified atom stereocenters. The van der Waals surface area contributed by atoms with E-state index in [2.05, 4.69) is 0 Å². The van der Waals surface area contributed by atoms with Crippen molar-refractivity contribution in [1.82, 2.24) is 0 Å². The molecule has 1 fully saturated rings. The number of carbonyl (C=O) groups is 1. The molecule has 0 atom stereocenters. The van der Waals surface area contributed by atoms with Gasteiger partial charge in [-0.1, -0.05) is 25.7 Å². The largest absolute Gasteiger partial charge is 0.492 e. The van der Waals surface area contributed by atoms with Gasteiger partial charge in [-0.05, 0) is 37.1 Å². The first-order valence-corrected chi connectivity index (χ1v) is 6.91. The number of benzene rings is 1. The Hall–Kier alpha value is -1.55. The van der Waals surface area contributed by atoms with E-state index in [0.717, 1.165) is 18.6 Å². The average Bonchev–Trinajstić information content (AvgIpc) is 2.62. The highest BCUT2D eigenvalue weighted by atomic mass is 16.5. The summed E-state index contributed by atoms with van der Waals surface area (Å²) in [4.78, 5) is 11.0. The fraction of sp³-hybridized carbons (Fsp3) is 0.533. The Balaban J connectivity index is 1.92. The van der Waals surface area contributed by atoms with Crippen LogP contribution < -0.4 is 16.2 Å². The van der Waals surface area contributed by atoms with Crippen LogP contribution in [0.4, 0.5) is 0 Å². The standard InChI is InChI=1S/C15H22N2O2/c16-14(18)12-5-7-13(8-6-12)19-11-15(17)9-3-1-2-4-10-15/h5-8H,1-4,9-11,17H2,(H2,16,18). The first-order chi connectivity index (χ1) is 9.09. The maximum absolute atomic E-state index is 11.0. The predicted molar refractivity (Wildman–Crippen MR) is 75.1 cm³/mol. The molecule has 0 aliphatic heterocycles. The van der Waals surface area contributed by atoms with Gasteiger partial charge in [0.05, 0.1) is 5.54 Å². The molecular formula is C15H22N2O2. The SMILES string of the molecule is NC(=O)c1ccc(OCC2(N)CCCCCC2)cc1. The Bertz CT molecular complexity index is 420. The summed E-state index contributed by atoms with van der Waals surface area (Å²) < 4.78 is 5.76. The lowest BCUT2D eigenvalue weighted by Crippen LogP contribution is -2.45. The van der Waals surface area contributed by atoms with Gasteiger partial charge in [-0.15, -0.1) is 0 Å². The normalized spacial score (nSPS) is 18.6. The van der Waals surface area contributed by atoms with E-state index in [1.165, 1.54) is 25.7 Å². The van der Waals surface area contributed by atoms with Gasteiger partial charge in [0, 0.05) is 5.56 Å². The first kappa shape index (κ1) is 13.9. The zero-order valence-corrected chi connectivity index (χ0v) is 11.2. The molecular weight excluding hydrogens is 240 g/mol. The number of hydrogen-bond donors (Lipinski definition) is 2. The fourth-order valence-electron chi connectivity index (χ4n) is 2.52. The third-order valence-corrected chi connectivity index (χ3v) is 3.76. The molecule has 1 aliphatic rings. The Labute approximate surface area is 114 Å². The zero-order chi connectivity index (χ0) is 13.7. The van der Waals surface area contributed by atoms with E-state index in [1.54, 1.807) is 24.3 Å². The van der Waals surface area contributed by atoms with Gasteiger partial charge in [-0.25, -0.2) is 0 Å². The summed E-state index contributed by atoms with van der Waals surface area (Å²) in [6.07, 6.45) is 6.94. The van der Waals surface area contributed by atoms with Crippen molar-refractivity contribution < 1.29 is 9.53 Å². The summed E-state index contributed by atoms with van der Waals surface area (Å²) in [7, 11) is 0. The minimum Gasteiger partial charge on any atom is -0.492 e. The monoisotopic (exact) mass is 262 g/mol. The molecule has 0 bridgehead atoms. The van der Waals surface area contributed by atoms with Gasteiger partial charge < -0.3 is 16.2 Å². The van der Waals surface area contributed by atoms with Gasteiger partial charge in [-0.2, -0.15) is 0 Å². The van der Waals surface area contributed by atoms with Crippen LogP contribution in [0.15, 0.2) is 24.3 Å². The van der Waals surface area contributed by atoms with E-state index >= 15 is 0 Å². The molecule has 0 heterocycles. The number of ether oxygens (including phenoxy) is 1. The topological polar surface area (TPSA) is 78.3 Å². The molecule has 0 spiro atoms. The van der Waals surface area contributed by atoms with Gasteiger partial charge in [-0.3, -0.25) is 4.79 Å². The summed E-state index contributed by atoms with van der Waals surface area (Å²) in [5, 5.41) is 0. The van der Waals surface area contributed by atoms with Crippen LogP contribution in [0.2, 0.25) is 0 Å². The highest BCUT2D eigenvalue weighted by Gasteiger charge is 2.27. The van der Waals surface area contributed by atoms with E-state index in [1.807, 2.05) is 0 Å². The molecule has 2 rings (SSSR count). The number of primary amides is 1. The molecule has 0 saturated heterocycles. The van der Waals surface area contributed by atoms with Crippen LogP contribution in [0.25, 0.3) is 0 Å². The third kappa shape index (κ3) is 3.96. The van der Waals surface area contributed by atoms with Crippen molar-refractivity contribution in [3.63, 3.8) is 0 Å². The lowest BCUT2D eigenvalue weighted by atomic mass is 9.92. The van der Waals surface area contributed by atoms with Crippen molar-refractivity contribution in [3.05, 3.63) is 29.8 Å². The molecule has 4 N–H and O–H groups in total. The summed E-state index contributed by atoms with van der Waals surface area (Å²) in [5.74, 6) is 0.310. The van der Waals surface area contributed by atoms with Crippen molar-refractivity contribution in [1.29, 1.82) is 0 Å². The summed E-state index contributed by atoms with van der Waals surface area (Å²) >= 11 is 0. The molecule has 0 aromatic heterocycles. The van der Waals surface area contributed by atoms with Crippen LogP contribution in [-0.4, -0.2) is 18.1 Å². The molecule has 4 nitrogen and oxygen atoms in total. The minimum absolute atomic E-state index is 0.209. The van der Waals surface area contributed by atoms with E-state index in [-0.39, 0.29) is 5.54 Å². The first-order valence-electron chi connectivity index (χ1n) is 6.91. The molecule has 1 aromatic carbocycles. The lowest BCUT2D eigenvalue weighted by molar-refractivity contribution is 0.1000. The third-order valence-electron chi connectivity index (χ3n) is 3.76. The highest BCUT2D eigenvalue weighted by Crippen LogP contribution is 2.26. The molecule has 0 radical (unpaired) electrons. The predicted octanol–water partition coefficient (Wildman–Crippen LogP) is 2.22. The molecule has 1 amide bonds. The van der Waals surface area contributed by atoms with Crippen molar-refractivity contribution in [3.8, 4) is 5.75 Å². The van der Waals surface area contributed by atoms with Crippen LogP contribution in [0.1, 0.15) is 48.9 Å². The number of rotatable bonds is 4. The summed E-state index contributed by atoms with van der Waals surface area (Å²) in [5.41, 5.74) is 11.9. The number of hydrogen-bond acceptors (Lipinski definition) is 3. The van der Waals surface area contributed by atoms with Crippen molar-refractivity contribution in [2.24, 2.45) is 11.5 Å². The van der Waals surface area contributed by atoms with Crippen LogP contribution in [0.5, 0.6) is 5.75 Å². The molecule has 1 aromatic rings. The quantitative estimate of drug-likeness (QED) is 0.817. The molecule has 1 saturated carbocycles. The molecule has 19 heavy (non-hydrogen) atoms. The van der Waals surface area contributed by atoms with Gasteiger partial charge in [0.1, 0.15) is 12.4 Å². The van der Waals surface area contributed by atoms with E-state index in [0.29, 0.717) is 12.2 Å². The van der Waals surface area contributed by atoms with Crippen LogP contribution in [0, 0.1) is 0 Å². The maximum Gasteiger partial charge on any atom is 0.248 e. The Morgan fingerprint density at radius 1 is 1.11 bits per heavy atom. The summed E-state index contributed by atoms with van der Waals surface area (Å²) in [6.45, 7) is 0.531. The van der Waals surface area contributed by atoms with Crippen LogP contribution in [0.3, 0.4) is 0 Å². The van der Waals surface area contributed by atoms with Crippen LogP contribution in [-0.2, 0) is 0 Å². The van der Waals surface area contributed by atoms with E-state index < -0.39 is 5.91 Å². The molecule has 4 heteroatoms. The number of amides is 1. The second-order valence-electron chi connectivity index (χ2n) is 5.45. The Kier molecular flexibility index (Phi) is 4.43. The summed E-state index contributed by atoms with van der Waals surface area (Å²) in [6, 6.07) is 6.88. The van der Waals surface area contributed by atoms with Gasteiger partial charge in [0.25, 0.3) is 0 Å². The average molecular weight is 262 g/mol. The Morgan fingerprint density at radius 3 is 2.21 bits per heavy atom. The van der Waals surface area contributed by atoms with Crippen molar-refractivity contribution in [2.75, 3.05) is 6.61 Å². The lowest BCUT2D eigenvalue weighted by Gasteiger charge is -2.27. The number of carbonyl (C=O) groups excluding carboxylic acids is 1.